The summed E-state index contributed by atoms with van der Waals surface area (Å²) in [6, 6.07) is 1.61. The van der Waals surface area contributed by atoms with Crippen LogP contribution in [0.15, 0.2) is 35.8 Å². The maximum atomic E-state index is 16.3. The van der Waals surface area contributed by atoms with Crippen molar-refractivity contribution in [3.8, 4) is 0 Å². The highest BCUT2D eigenvalue weighted by atomic mass is 31.2. The molecule has 10 atom stereocenters. The number of ether oxygens (including phenoxy) is 2. The lowest BCUT2D eigenvalue weighted by atomic mass is 10.1. The third kappa shape index (κ3) is 5.68. The van der Waals surface area contributed by atoms with Gasteiger partial charge in [0, 0.05) is 37.4 Å². The van der Waals surface area contributed by atoms with Crippen LogP contribution in [0.1, 0.15) is 24.4 Å². The molecule has 50 heavy (non-hydrogen) atoms. The Kier molecular flexibility index (Phi) is 8.23. The van der Waals surface area contributed by atoms with E-state index in [1.807, 2.05) is 0 Å². The number of carbonyl (C=O) groups excluding carboxylic acids is 1. The predicted octanol–water partition coefficient (Wildman–Crippen LogP) is 2.65. The molecule has 4 aliphatic heterocycles. The first-order chi connectivity index (χ1) is 23.7. The zero-order chi connectivity index (χ0) is 35.3. The second-order valence-electron chi connectivity index (χ2n) is 12.2. The quantitative estimate of drug-likeness (QED) is 0.236. The van der Waals surface area contributed by atoms with Crippen molar-refractivity contribution in [3.05, 3.63) is 52.7 Å². The first-order valence-corrected chi connectivity index (χ1v) is 18.5. The Labute approximate surface area is 282 Å². The molecule has 4 aromatic rings. The zero-order valence-electron chi connectivity index (χ0n) is 25.8. The number of anilines is 1. The van der Waals surface area contributed by atoms with Crippen LogP contribution in [-0.4, -0.2) is 94.7 Å². The Bertz CT molecular complexity index is 2210. The SMILES string of the molecule is [B]P1(=O)OC[C@H]2O[C@@H](n3cc(F)c4c(=O)n(C)cnc43)C(F)[C@H]2OP([B])(=O)OC[C@H]2O[C@@H](n3cc4c5c(ccnc53)NC(=O)CC4)[C@@H](F)C2O1. The average molecular weight is 734 g/mol. The number of amides is 1. The van der Waals surface area contributed by atoms with Gasteiger partial charge in [0.25, 0.3) is 20.5 Å². The Morgan fingerprint density at radius 2 is 1.46 bits per heavy atom. The van der Waals surface area contributed by atoms with Crippen molar-refractivity contribution in [1.82, 2.24) is 23.7 Å². The molecule has 8 heterocycles. The maximum absolute atomic E-state index is 16.3. The number of nitrogens with zero attached hydrogens (tertiary/aromatic N) is 5. The number of carbonyl (C=O) groups is 1. The topological polar surface area (TPSA) is 176 Å². The van der Waals surface area contributed by atoms with Crippen LogP contribution in [-0.2, 0) is 55.0 Å². The van der Waals surface area contributed by atoms with E-state index in [4.69, 9.17) is 42.7 Å². The van der Waals surface area contributed by atoms with E-state index in [2.05, 4.69) is 15.3 Å². The van der Waals surface area contributed by atoms with Crippen molar-refractivity contribution in [1.29, 1.82) is 0 Å². The molecule has 0 bridgehead atoms. The van der Waals surface area contributed by atoms with Gasteiger partial charge in [-0.3, -0.25) is 23.3 Å². The normalized spacial score (nSPS) is 36.4. The first kappa shape index (κ1) is 33.8. The van der Waals surface area contributed by atoms with Gasteiger partial charge in [0.1, 0.15) is 35.4 Å². The molecule has 4 aliphatic rings. The molecule has 0 aromatic carbocycles. The van der Waals surface area contributed by atoms with Crippen molar-refractivity contribution in [2.75, 3.05) is 18.5 Å². The van der Waals surface area contributed by atoms with Crippen molar-refractivity contribution in [2.45, 2.75) is 62.1 Å². The summed E-state index contributed by atoms with van der Waals surface area (Å²) in [5, 5.41) is 2.92. The summed E-state index contributed by atoms with van der Waals surface area (Å²) < 4.78 is 111. The van der Waals surface area contributed by atoms with Crippen LogP contribution in [0, 0.1) is 5.82 Å². The van der Waals surface area contributed by atoms with Gasteiger partial charge in [-0.25, -0.2) is 23.1 Å². The molecule has 3 fully saturated rings. The van der Waals surface area contributed by atoms with Crippen LogP contribution in [0.3, 0.4) is 0 Å². The van der Waals surface area contributed by atoms with E-state index < -0.39 is 94.1 Å². The molecule has 0 aliphatic carbocycles. The van der Waals surface area contributed by atoms with Crippen LogP contribution in [0.4, 0.5) is 18.9 Å². The summed E-state index contributed by atoms with van der Waals surface area (Å²) in [4.78, 5) is 33.1. The Morgan fingerprint density at radius 3 is 2.08 bits per heavy atom. The Morgan fingerprint density at radius 1 is 0.880 bits per heavy atom. The van der Waals surface area contributed by atoms with E-state index in [1.54, 1.807) is 12.3 Å². The molecule has 1 amide bonds. The molecule has 4 aromatic heterocycles. The number of nitrogens with one attached hydrogen (secondary N) is 1. The van der Waals surface area contributed by atoms with Crippen LogP contribution >= 0.6 is 14.9 Å². The van der Waals surface area contributed by atoms with Crippen LogP contribution in [0.2, 0.25) is 0 Å². The molecule has 8 rings (SSSR count). The van der Waals surface area contributed by atoms with E-state index in [-0.39, 0.29) is 23.6 Å². The highest BCUT2D eigenvalue weighted by Gasteiger charge is 2.54. The van der Waals surface area contributed by atoms with E-state index >= 15 is 8.78 Å². The number of halogens is 3. The van der Waals surface area contributed by atoms with Gasteiger partial charge in [-0.2, -0.15) is 0 Å². The second-order valence-corrected chi connectivity index (χ2v) is 15.3. The summed E-state index contributed by atoms with van der Waals surface area (Å²) >= 11 is 0. The standard InChI is InChI=1S/C27H25B2F3N6O10P2/c1-36-10-34-24-18(25(36)40)12(30)7-38(24)27-20(32)22-15(46-27)9-44-49(28,41)47-21-14(8-43-50(29,42)48-22)45-26(19(21)31)37-6-11-2-3-16(39)35-13-4-5-33-23(37)17(11)13/h4-7,10,14-15,19-22,26-27H,2-3,8-9H2,1H3,(H,35,39)/t14-,15-,19+,20?,21?,22+,26-,27-,49?,50?/m1/s1. The summed E-state index contributed by atoms with van der Waals surface area (Å²) in [5.74, 6) is -1.21. The molecule has 16 nitrogen and oxygen atoms in total. The highest BCUT2D eigenvalue weighted by molar-refractivity contribution is 7.79. The highest BCUT2D eigenvalue weighted by Crippen LogP contribution is 2.54. The molecule has 260 valence electrons. The van der Waals surface area contributed by atoms with Gasteiger partial charge in [-0.1, -0.05) is 0 Å². The lowest BCUT2D eigenvalue weighted by Gasteiger charge is -2.29. The molecule has 4 radical (unpaired) electrons. The molecule has 4 unspecified atom stereocenters. The number of fused-ring (bicyclic) bond motifs is 3. The maximum Gasteiger partial charge on any atom is 0.265 e. The molecule has 0 saturated carbocycles. The third-order valence-corrected chi connectivity index (χ3v) is 11.1. The molecule has 23 heteroatoms. The van der Waals surface area contributed by atoms with E-state index in [1.165, 1.54) is 17.8 Å². The summed E-state index contributed by atoms with van der Waals surface area (Å²) in [6.45, 7) is -1.59. The van der Waals surface area contributed by atoms with Crippen molar-refractivity contribution in [2.24, 2.45) is 7.05 Å². The number of aryl methyl sites for hydroxylation is 2. The minimum absolute atomic E-state index is 0.169. The van der Waals surface area contributed by atoms with Gasteiger partial charge >= 0.3 is 0 Å². The molecular weight excluding hydrogens is 709 g/mol. The molecule has 0 spiro atoms. The van der Waals surface area contributed by atoms with E-state index in [9.17, 15) is 23.1 Å². The fourth-order valence-electron chi connectivity index (χ4n) is 6.69. The number of rotatable bonds is 2. The van der Waals surface area contributed by atoms with Crippen molar-refractivity contribution >= 4 is 63.7 Å². The molecule has 1 N–H and O–H groups in total. The van der Waals surface area contributed by atoms with Gasteiger partial charge in [-0.15, -0.1) is 0 Å². The smallest absolute Gasteiger partial charge is 0.265 e. The number of aromatic nitrogens is 5. The fraction of sp³-hybridized carbons (Fsp3) is 0.481. The predicted molar refractivity (Wildman–Crippen MR) is 168 cm³/mol. The molecule has 3 saturated heterocycles. The monoisotopic (exact) mass is 734 g/mol. The zero-order valence-corrected chi connectivity index (χ0v) is 27.6. The summed E-state index contributed by atoms with van der Waals surface area (Å²) in [6.07, 6.45) is -8.75. The summed E-state index contributed by atoms with van der Waals surface area (Å²) in [7, 11) is 3.69. The third-order valence-electron chi connectivity index (χ3n) is 8.99. The minimum Gasteiger partial charge on any atom is -0.346 e. The fourth-order valence-corrected chi connectivity index (χ4v) is 8.71. The lowest BCUT2D eigenvalue weighted by Crippen LogP contribution is -2.37. The summed E-state index contributed by atoms with van der Waals surface area (Å²) in [5.41, 5.74) is 0.421. The number of alkyl halides is 2. The Hall–Kier alpha value is -3.28. The van der Waals surface area contributed by atoms with Crippen LogP contribution in [0.25, 0.3) is 22.1 Å². The molecular formula is C27H25B2F3N6O10P2. The second kappa shape index (κ2) is 12.2. The van der Waals surface area contributed by atoms with Crippen molar-refractivity contribution < 1.29 is 54.7 Å². The number of hydrogen-bond donors (Lipinski definition) is 1. The van der Waals surface area contributed by atoms with Gasteiger partial charge in [-0.05, 0) is 18.1 Å². The first-order valence-electron chi connectivity index (χ1n) is 15.2. The van der Waals surface area contributed by atoms with E-state index in [0.717, 1.165) is 21.7 Å². The van der Waals surface area contributed by atoms with Gasteiger partial charge in [0.15, 0.2) is 36.3 Å². The number of hydrogen-bond acceptors (Lipinski definition) is 12. The van der Waals surface area contributed by atoms with Crippen molar-refractivity contribution in [3.63, 3.8) is 0 Å². The van der Waals surface area contributed by atoms with Crippen LogP contribution in [0.5, 0.6) is 0 Å². The Balaban J connectivity index is 1.08. The lowest BCUT2D eigenvalue weighted by molar-refractivity contribution is -0.116. The van der Waals surface area contributed by atoms with E-state index in [0.29, 0.717) is 23.1 Å². The minimum atomic E-state index is -4.71. The number of pyridine rings is 1. The van der Waals surface area contributed by atoms with Crippen LogP contribution < -0.4 is 10.9 Å². The van der Waals surface area contributed by atoms with Gasteiger partial charge < -0.3 is 42.0 Å². The van der Waals surface area contributed by atoms with Gasteiger partial charge in [0.05, 0.1) is 25.2 Å². The average Bonchev–Trinajstić information content (AvgIpc) is 3.74. The van der Waals surface area contributed by atoms with Gasteiger partial charge in [0.2, 0.25) is 21.0 Å². The largest absolute Gasteiger partial charge is 0.346 e.